The Morgan fingerprint density at radius 2 is 2.04 bits per heavy atom. The minimum absolute atomic E-state index is 0.616. The molecule has 0 atom stereocenters. The molecule has 0 aliphatic rings. The first kappa shape index (κ1) is 17.8. The zero-order valence-corrected chi connectivity index (χ0v) is 15.2. The van der Waals surface area contributed by atoms with Crippen molar-refractivity contribution in [1.29, 1.82) is 0 Å². The second-order valence-corrected chi connectivity index (χ2v) is 6.97. The van der Waals surface area contributed by atoms with Crippen molar-refractivity contribution in [1.82, 2.24) is 15.6 Å². The fourth-order valence-corrected chi connectivity index (χ4v) is 2.95. The predicted molar refractivity (Wildman–Crippen MR) is 99.4 cm³/mol. The Hall–Kier alpha value is -1.59. The first-order valence-electron chi connectivity index (χ1n) is 7.85. The summed E-state index contributed by atoms with van der Waals surface area (Å²) in [5, 5.41) is 8.46. The number of hydrogen-bond acceptors (Lipinski definition) is 3. The third kappa shape index (κ3) is 6.59. The summed E-state index contributed by atoms with van der Waals surface area (Å²) in [5.74, 6) is 0.844. The monoisotopic (exact) mass is 350 g/mol. The van der Waals surface area contributed by atoms with E-state index in [-0.39, 0.29) is 0 Å². The van der Waals surface area contributed by atoms with Gasteiger partial charge in [-0.05, 0) is 44.4 Å². The summed E-state index contributed by atoms with van der Waals surface area (Å²) in [5.41, 5.74) is 1.30. The van der Waals surface area contributed by atoms with Crippen LogP contribution in [0.15, 0.2) is 35.5 Å². The normalized spacial score (nSPS) is 11.5. The van der Waals surface area contributed by atoms with Gasteiger partial charge in [0.05, 0.1) is 6.54 Å². The molecule has 0 bridgehead atoms. The van der Waals surface area contributed by atoms with Crippen LogP contribution in [-0.2, 0) is 13.0 Å². The highest BCUT2D eigenvalue weighted by atomic mass is 35.5. The van der Waals surface area contributed by atoms with E-state index in [9.17, 15) is 0 Å². The fourth-order valence-electron chi connectivity index (χ4n) is 2.11. The van der Waals surface area contributed by atoms with Crippen LogP contribution in [0, 0.1) is 6.92 Å². The molecule has 0 spiro atoms. The highest BCUT2D eigenvalue weighted by Crippen LogP contribution is 2.12. The molecule has 0 amide bonds. The summed E-state index contributed by atoms with van der Waals surface area (Å²) in [6, 6.07) is 8.02. The smallest absolute Gasteiger partial charge is 0.191 e. The van der Waals surface area contributed by atoms with Gasteiger partial charge in [-0.25, -0.2) is 9.98 Å². The van der Waals surface area contributed by atoms with Gasteiger partial charge in [0.25, 0.3) is 0 Å². The minimum Gasteiger partial charge on any atom is -0.357 e. The Balaban J connectivity index is 1.76. The molecule has 2 aromatic rings. The van der Waals surface area contributed by atoms with Gasteiger partial charge in [0.2, 0.25) is 0 Å². The molecule has 0 aliphatic heterocycles. The number of rotatable bonds is 7. The van der Waals surface area contributed by atoms with E-state index in [0.717, 1.165) is 41.9 Å². The molecular formula is C17H23ClN4S. The van der Waals surface area contributed by atoms with E-state index in [2.05, 4.69) is 46.6 Å². The highest BCUT2D eigenvalue weighted by molar-refractivity contribution is 7.11. The largest absolute Gasteiger partial charge is 0.357 e. The standard InChI is InChI=1S/C17H23ClN4S/c1-3-19-17(22-12-16-21-11-13(2)23-16)20-10-4-5-14-6-8-15(18)9-7-14/h6-9,11H,3-5,10,12H2,1-2H3,(H2,19,20,22). The number of halogens is 1. The molecule has 0 saturated heterocycles. The summed E-state index contributed by atoms with van der Waals surface area (Å²) >= 11 is 7.59. The lowest BCUT2D eigenvalue weighted by atomic mass is 10.1. The highest BCUT2D eigenvalue weighted by Gasteiger charge is 2.00. The summed E-state index contributed by atoms with van der Waals surface area (Å²) in [7, 11) is 0. The van der Waals surface area contributed by atoms with Crippen molar-refractivity contribution in [2.45, 2.75) is 33.2 Å². The fraction of sp³-hybridized carbons (Fsp3) is 0.412. The van der Waals surface area contributed by atoms with Gasteiger partial charge >= 0.3 is 0 Å². The molecule has 0 aliphatic carbocycles. The van der Waals surface area contributed by atoms with Gasteiger partial charge in [0.1, 0.15) is 5.01 Å². The van der Waals surface area contributed by atoms with E-state index < -0.39 is 0 Å². The Morgan fingerprint density at radius 3 is 2.70 bits per heavy atom. The van der Waals surface area contributed by atoms with Gasteiger partial charge in [-0.15, -0.1) is 11.3 Å². The van der Waals surface area contributed by atoms with Crippen LogP contribution in [0.3, 0.4) is 0 Å². The van der Waals surface area contributed by atoms with E-state index in [1.807, 2.05) is 18.3 Å². The molecule has 0 unspecified atom stereocenters. The molecule has 23 heavy (non-hydrogen) atoms. The molecule has 2 N–H and O–H groups in total. The van der Waals surface area contributed by atoms with Gasteiger partial charge in [0, 0.05) is 29.2 Å². The predicted octanol–water partition coefficient (Wildman–Crippen LogP) is 3.79. The first-order chi connectivity index (χ1) is 11.2. The number of hydrogen-bond donors (Lipinski definition) is 2. The van der Waals surface area contributed by atoms with E-state index in [4.69, 9.17) is 11.6 Å². The van der Waals surface area contributed by atoms with Crippen molar-refractivity contribution in [2.24, 2.45) is 4.99 Å². The maximum absolute atomic E-state index is 5.90. The van der Waals surface area contributed by atoms with Gasteiger partial charge in [0.15, 0.2) is 5.96 Å². The van der Waals surface area contributed by atoms with Crippen LogP contribution in [0.4, 0.5) is 0 Å². The topological polar surface area (TPSA) is 49.3 Å². The summed E-state index contributed by atoms with van der Waals surface area (Å²) in [6.45, 7) is 6.47. The van der Waals surface area contributed by atoms with E-state index >= 15 is 0 Å². The Kier molecular flexibility index (Phi) is 7.36. The Labute approximate surface area is 147 Å². The minimum atomic E-state index is 0.616. The SMILES string of the molecule is CCNC(=NCc1ncc(C)s1)NCCCc1ccc(Cl)cc1. The van der Waals surface area contributed by atoms with Gasteiger partial charge in [-0.2, -0.15) is 0 Å². The molecular weight excluding hydrogens is 328 g/mol. The summed E-state index contributed by atoms with van der Waals surface area (Å²) < 4.78 is 0. The molecule has 0 saturated carbocycles. The van der Waals surface area contributed by atoms with Crippen LogP contribution in [0.5, 0.6) is 0 Å². The van der Waals surface area contributed by atoms with E-state index in [1.54, 1.807) is 11.3 Å². The van der Waals surface area contributed by atoms with E-state index in [1.165, 1.54) is 10.4 Å². The van der Waals surface area contributed by atoms with Crippen molar-refractivity contribution >= 4 is 28.9 Å². The molecule has 124 valence electrons. The third-order valence-electron chi connectivity index (χ3n) is 3.23. The first-order valence-corrected chi connectivity index (χ1v) is 9.04. The van der Waals surface area contributed by atoms with Crippen LogP contribution in [0.25, 0.3) is 0 Å². The number of aromatic nitrogens is 1. The van der Waals surface area contributed by atoms with Crippen LogP contribution in [0.1, 0.15) is 28.8 Å². The molecule has 0 fully saturated rings. The number of aryl methyl sites for hydroxylation is 2. The molecule has 1 aromatic heterocycles. The van der Waals surface area contributed by atoms with Crippen molar-refractivity contribution in [2.75, 3.05) is 13.1 Å². The molecule has 6 heteroatoms. The Morgan fingerprint density at radius 1 is 1.26 bits per heavy atom. The maximum atomic E-state index is 5.90. The summed E-state index contributed by atoms with van der Waals surface area (Å²) in [4.78, 5) is 10.1. The number of benzene rings is 1. The number of thiazole rings is 1. The van der Waals surface area contributed by atoms with Crippen LogP contribution >= 0.6 is 22.9 Å². The number of guanidine groups is 1. The zero-order chi connectivity index (χ0) is 16.5. The number of nitrogens with zero attached hydrogens (tertiary/aromatic N) is 2. The van der Waals surface area contributed by atoms with Crippen molar-refractivity contribution in [3.63, 3.8) is 0 Å². The number of aliphatic imine (C=N–C) groups is 1. The maximum Gasteiger partial charge on any atom is 0.191 e. The van der Waals surface area contributed by atoms with Gasteiger partial charge < -0.3 is 10.6 Å². The van der Waals surface area contributed by atoms with Crippen molar-refractivity contribution < 1.29 is 0 Å². The molecule has 4 nitrogen and oxygen atoms in total. The lowest BCUT2D eigenvalue weighted by Gasteiger charge is -2.11. The van der Waals surface area contributed by atoms with Crippen molar-refractivity contribution in [3.8, 4) is 0 Å². The average Bonchev–Trinajstić information content (AvgIpc) is 2.96. The lowest BCUT2D eigenvalue weighted by molar-refractivity contribution is 0.743. The second kappa shape index (κ2) is 9.53. The third-order valence-corrected chi connectivity index (χ3v) is 4.38. The molecule has 2 rings (SSSR count). The molecule has 0 radical (unpaired) electrons. The lowest BCUT2D eigenvalue weighted by Crippen LogP contribution is -2.37. The Bertz CT molecular complexity index is 622. The quantitative estimate of drug-likeness (QED) is 0.453. The molecule has 1 heterocycles. The van der Waals surface area contributed by atoms with Gasteiger partial charge in [-0.3, -0.25) is 0 Å². The van der Waals surface area contributed by atoms with Gasteiger partial charge in [-0.1, -0.05) is 23.7 Å². The zero-order valence-electron chi connectivity index (χ0n) is 13.6. The van der Waals surface area contributed by atoms with Crippen LogP contribution < -0.4 is 10.6 Å². The second-order valence-electron chi connectivity index (χ2n) is 5.22. The average molecular weight is 351 g/mol. The van der Waals surface area contributed by atoms with E-state index in [0.29, 0.717) is 6.54 Å². The summed E-state index contributed by atoms with van der Waals surface area (Å²) in [6.07, 6.45) is 3.96. The van der Waals surface area contributed by atoms with Crippen LogP contribution in [-0.4, -0.2) is 24.0 Å². The molecule has 1 aromatic carbocycles. The van der Waals surface area contributed by atoms with Crippen LogP contribution in [0.2, 0.25) is 5.02 Å². The number of nitrogens with one attached hydrogen (secondary N) is 2. The van der Waals surface area contributed by atoms with Crippen molar-refractivity contribution in [3.05, 3.63) is 50.9 Å².